The van der Waals surface area contributed by atoms with Gasteiger partial charge in [0.05, 0.1) is 18.1 Å². The number of carbonyl (C=O) groups excluding carboxylic acids is 1. The molecule has 0 saturated heterocycles. The van der Waals surface area contributed by atoms with E-state index in [0.717, 1.165) is 30.8 Å². The van der Waals surface area contributed by atoms with Gasteiger partial charge in [-0.3, -0.25) is 9.48 Å². The highest BCUT2D eigenvalue weighted by atomic mass is 19.1. The lowest BCUT2D eigenvalue weighted by Crippen LogP contribution is -2.07. The fraction of sp³-hybridized carbons (Fsp3) is 0.360. The second-order valence-electron chi connectivity index (χ2n) is 8.55. The third-order valence-corrected chi connectivity index (χ3v) is 5.94. The zero-order valence-electron chi connectivity index (χ0n) is 19.1. The van der Waals surface area contributed by atoms with Crippen molar-refractivity contribution in [3.05, 3.63) is 61.3 Å². The first-order chi connectivity index (χ1) is 16.6. The number of aromatic nitrogens is 4. The maximum atomic E-state index is 14.3. The van der Waals surface area contributed by atoms with E-state index < -0.39 is 5.82 Å². The average Bonchev–Trinajstić information content (AvgIpc) is 3.51. The highest BCUT2D eigenvalue weighted by Gasteiger charge is 2.14. The van der Waals surface area contributed by atoms with Gasteiger partial charge in [-0.15, -0.1) is 0 Å². The molecule has 0 bridgehead atoms. The standard InChI is InChI=1S/C25H30FN7O/c1-2-23(34)29-19-11-7-12-20(14-19)30-24-22(26)16-27-25(32-24)31-21-15-28-33(17-21)13-6-5-10-18-8-3-4-9-18/h2,7,11-12,14-18H,1,3-6,8-10,13H2,(H,29,34)(H2,27,30,31,32). The van der Waals surface area contributed by atoms with Crippen molar-refractivity contribution in [3.63, 3.8) is 0 Å². The van der Waals surface area contributed by atoms with Gasteiger partial charge in [0.15, 0.2) is 11.6 Å². The number of hydrogen-bond acceptors (Lipinski definition) is 6. The van der Waals surface area contributed by atoms with Crippen molar-refractivity contribution < 1.29 is 9.18 Å². The Hall–Kier alpha value is -3.75. The summed E-state index contributed by atoms with van der Waals surface area (Å²) < 4.78 is 16.2. The van der Waals surface area contributed by atoms with E-state index in [1.165, 1.54) is 44.6 Å². The second kappa shape index (κ2) is 11.4. The lowest BCUT2D eigenvalue weighted by Gasteiger charge is -2.10. The molecule has 34 heavy (non-hydrogen) atoms. The maximum absolute atomic E-state index is 14.3. The van der Waals surface area contributed by atoms with Crippen LogP contribution in [0, 0.1) is 11.7 Å². The van der Waals surface area contributed by atoms with Crippen LogP contribution in [0.15, 0.2) is 55.5 Å². The van der Waals surface area contributed by atoms with Gasteiger partial charge in [-0.2, -0.15) is 10.1 Å². The van der Waals surface area contributed by atoms with Gasteiger partial charge in [0, 0.05) is 24.1 Å². The van der Waals surface area contributed by atoms with Crippen molar-refractivity contribution in [2.75, 3.05) is 16.0 Å². The monoisotopic (exact) mass is 463 g/mol. The summed E-state index contributed by atoms with van der Waals surface area (Å²) in [6.07, 6.45) is 15.1. The first-order valence-corrected chi connectivity index (χ1v) is 11.7. The van der Waals surface area contributed by atoms with Crippen LogP contribution in [0.25, 0.3) is 0 Å². The van der Waals surface area contributed by atoms with Crippen molar-refractivity contribution in [2.24, 2.45) is 5.92 Å². The Balaban J connectivity index is 1.33. The van der Waals surface area contributed by atoms with Gasteiger partial charge in [-0.1, -0.05) is 51.2 Å². The molecular weight excluding hydrogens is 433 g/mol. The van der Waals surface area contributed by atoms with E-state index in [1.807, 2.05) is 10.9 Å². The van der Waals surface area contributed by atoms with Gasteiger partial charge in [0.25, 0.3) is 0 Å². The van der Waals surface area contributed by atoms with Crippen molar-refractivity contribution >= 4 is 34.7 Å². The minimum atomic E-state index is -0.593. The molecular formula is C25H30FN7O. The summed E-state index contributed by atoms with van der Waals surface area (Å²) in [5, 5.41) is 13.1. The SMILES string of the molecule is C=CC(=O)Nc1cccc(Nc2nc(Nc3cnn(CCCCC4CCCC4)c3)ncc2F)c1. The van der Waals surface area contributed by atoms with Gasteiger partial charge < -0.3 is 16.0 Å². The molecule has 8 nitrogen and oxygen atoms in total. The van der Waals surface area contributed by atoms with Crippen LogP contribution in [-0.4, -0.2) is 25.7 Å². The minimum absolute atomic E-state index is 0.0176. The molecule has 2 heterocycles. The normalized spacial score (nSPS) is 13.6. The Morgan fingerprint density at radius 2 is 1.97 bits per heavy atom. The maximum Gasteiger partial charge on any atom is 0.247 e. The molecule has 3 aromatic rings. The Morgan fingerprint density at radius 1 is 1.15 bits per heavy atom. The molecule has 0 radical (unpaired) electrons. The number of nitrogens with zero attached hydrogens (tertiary/aromatic N) is 4. The minimum Gasteiger partial charge on any atom is -0.338 e. The number of hydrogen-bond donors (Lipinski definition) is 3. The molecule has 1 aromatic carbocycles. The summed E-state index contributed by atoms with van der Waals surface area (Å²) >= 11 is 0. The molecule has 0 atom stereocenters. The molecule has 1 aliphatic rings. The molecule has 0 unspecified atom stereocenters. The molecule has 0 aliphatic heterocycles. The number of unbranched alkanes of at least 4 members (excludes halogenated alkanes) is 1. The third-order valence-electron chi connectivity index (χ3n) is 5.94. The summed E-state index contributed by atoms with van der Waals surface area (Å²) in [6.45, 7) is 4.30. The predicted octanol–water partition coefficient (Wildman–Crippen LogP) is 5.78. The van der Waals surface area contributed by atoms with Gasteiger partial charge >= 0.3 is 0 Å². The third kappa shape index (κ3) is 6.63. The number of halogens is 1. The fourth-order valence-corrected chi connectivity index (χ4v) is 4.21. The predicted molar refractivity (Wildman–Crippen MR) is 132 cm³/mol. The molecule has 9 heteroatoms. The summed E-state index contributed by atoms with van der Waals surface area (Å²) in [5.74, 6) is 0.265. The van der Waals surface area contributed by atoms with E-state index in [1.54, 1.807) is 30.5 Å². The number of benzene rings is 1. The summed E-state index contributed by atoms with van der Waals surface area (Å²) in [5.41, 5.74) is 1.86. The van der Waals surface area contributed by atoms with E-state index in [0.29, 0.717) is 11.4 Å². The second-order valence-corrected chi connectivity index (χ2v) is 8.55. The Labute approximate surface area is 198 Å². The average molecular weight is 464 g/mol. The largest absolute Gasteiger partial charge is 0.338 e. The van der Waals surface area contributed by atoms with Crippen LogP contribution in [0.1, 0.15) is 44.9 Å². The highest BCUT2D eigenvalue weighted by molar-refractivity contribution is 5.99. The van der Waals surface area contributed by atoms with E-state index in [-0.39, 0.29) is 17.7 Å². The molecule has 1 amide bonds. The summed E-state index contributed by atoms with van der Waals surface area (Å²) in [6, 6.07) is 6.88. The molecule has 1 saturated carbocycles. The van der Waals surface area contributed by atoms with Gasteiger partial charge in [0.2, 0.25) is 11.9 Å². The molecule has 178 valence electrons. The van der Waals surface area contributed by atoms with Crippen molar-refractivity contribution in [2.45, 2.75) is 51.5 Å². The Bertz CT molecular complexity index is 1120. The Kier molecular flexibility index (Phi) is 7.85. The zero-order valence-corrected chi connectivity index (χ0v) is 19.1. The number of anilines is 5. The molecule has 1 fully saturated rings. The smallest absolute Gasteiger partial charge is 0.247 e. The molecule has 2 aromatic heterocycles. The van der Waals surface area contributed by atoms with Gasteiger partial charge in [-0.25, -0.2) is 9.37 Å². The topological polar surface area (TPSA) is 96.8 Å². The van der Waals surface area contributed by atoms with E-state index in [2.05, 4.69) is 37.6 Å². The molecule has 0 spiro atoms. The number of aryl methyl sites for hydroxylation is 1. The van der Waals surface area contributed by atoms with Crippen LogP contribution in [0.2, 0.25) is 0 Å². The van der Waals surface area contributed by atoms with E-state index in [4.69, 9.17) is 0 Å². The Morgan fingerprint density at radius 3 is 2.79 bits per heavy atom. The number of rotatable bonds is 11. The molecule has 3 N–H and O–H groups in total. The van der Waals surface area contributed by atoms with Gasteiger partial charge in [0.1, 0.15) is 0 Å². The lowest BCUT2D eigenvalue weighted by atomic mass is 10.0. The van der Waals surface area contributed by atoms with Crippen LogP contribution in [0.5, 0.6) is 0 Å². The van der Waals surface area contributed by atoms with Crippen LogP contribution in [-0.2, 0) is 11.3 Å². The summed E-state index contributed by atoms with van der Waals surface area (Å²) in [7, 11) is 0. The quantitative estimate of drug-likeness (QED) is 0.246. The first-order valence-electron chi connectivity index (χ1n) is 11.7. The zero-order chi connectivity index (χ0) is 23.8. The molecule has 1 aliphatic carbocycles. The van der Waals surface area contributed by atoms with Crippen LogP contribution >= 0.6 is 0 Å². The van der Waals surface area contributed by atoms with Crippen molar-refractivity contribution in [3.8, 4) is 0 Å². The number of carbonyl (C=O) groups is 1. The first kappa shape index (κ1) is 23.4. The number of nitrogens with one attached hydrogen (secondary N) is 3. The lowest BCUT2D eigenvalue weighted by molar-refractivity contribution is -0.111. The number of amides is 1. The van der Waals surface area contributed by atoms with Crippen molar-refractivity contribution in [1.29, 1.82) is 0 Å². The molecule has 4 rings (SSSR count). The van der Waals surface area contributed by atoms with Crippen LogP contribution < -0.4 is 16.0 Å². The highest BCUT2D eigenvalue weighted by Crippen LogP contribution is 2.29. The van der Waals surface area contributed by atoms with E-state index >= 15 is 0 Å². The van der Waals surface area contributed by atoms with Gasteiger partial charge in [-0.05, 0) is 36.6 Å². The van der Waals surface area contributed by atoms with Crippen LogP contribution in [0.3, 0.4) is 0 Å². The van der Waals surface area contributed by atoms with Crippen molar-refractivity contribution in [1.82, 2.24) is 19.7 Å². The van der Waals surface area contributed by atoms with E-state index in [9.17, 15) is 9.18 Å². The van der Waals surface area contributed by atoms with Crippen LogP contribution in [0.4, 0.5) is 33.2 Å². The fourth-order valence-electron chi connectivity index (χ4n) is 4.21. The summed E-state index contributed by atoms with van der Waals surface area (Å²) in [4.78, 5) is 19.8.